The fraction of sp³-hybridized carbons (Fsp3) is 0.556. The van der Waals surface area contributed by atoms with Gasteiger partial charge < -0.3 is 5.32 Å². The molecule has 124 valence electrons. The van der Waals surface area contributed by atoms with Crippen LogP contribution in [-0.2, 0) is 4.79 Å². The molecule has 2 heterocycles. The number of amides is 1. The first-order valence-electron chi connectivity index (χ1n) is 8.44. The number of nitrogens with one attached hydrogen (secondary N) is 1. The molecular formula is C18H25N3OS. The molecule has 0 spiro atoms. The van der Waals surface area contributed by atoms with E-state index >= 15 is 0 Å². The van der Waals surface area contributed by atoms with Crippen LogP contribution in [0.2, 0.25) is 0 Å². The van der Waals surface area contributed by atoms with Gasteiger partial charge in [0.15, 0.2) is 0 Å². The summed E-state index contributed by atoms with van der Waals surface area (Å²) >= 11 is 1.82. The first-order chi connectivity index (χ1) is 11.0. The first-order valence-corrected chi connectivity index (χ1v) is 9.26. The van der Waals surface area contributed by atoms with E-state index < -0.39 is 0 Å². The van der Waals surface area contributed by atoms with Crippen molar-refractivity contribution in [2.24, 2.45) is 0 Å². The molecular weight excluding hydrogens is 306 g/mol. The molecule has 1 aliphatic heterocycles. The molecule has 0 aliphatic carbocycles. The summed E-state index contributed by atoms with van der Waals surface area (Å²) in [4.78, 5) is 19.3. The van der Waals surface area contributed by atoms with Crippen molar-refractivity contribution in [3.63, 3.8) is 0 Å². The molecule has 1 unspecified atom stereocenters. The zero-order chi connectivity index (χ0) is 16.4. The number of fused-ring (bicyclic) bond motifs is 1. The first kappa shape index (κ1) is 16.4. The molecule has 0 saturated carbocycles. The lowest BCUT2D eigenvalue weighted by Gasteiger charge is -2.34. The lowest BCUT2D eigenvalue weighted by Crippen LogP contribution is -2.49. The number of piperidine rings is 1. The molecule has 3 rings (SSSR count). The van der Waals surface area contributed by atoms with E-state index in [1.165, 1.54) is 9.71 Å². The van der Waals surface area contributed by atoms with Gasteiger partial charge in [-0.15, -0.1) is 11.3 Å². The van der Waals surface area contributed by atoms with Crippen molar-refractivity contribution in [1.29, 1.82) is 0 Å². The summed E-state index contributed by atoms with van der Waals surface area (Å²) in [5.74, 6) is 0.669. The number of benzene rings is 1. The Hall–Kier alpha value is -1.46. The van der Waals surface area contributed by atoms with Gasteiger partial charge in [-0.25, -0.2) is 4.98 Å². The van der Waals surface area contributed by atoms with Crippen molar-refractivity contribution in [1.82, 2.24) is 15.2 Å². The van der Waals surface area contributed by atoms with E-state index in [1.807, 2.05) is 38.2 Å². The van der Waals surface area contributed by atoms with Gasteiger partial charge in [0.25, 0.3) is 0 Å². The lowest BCUT2D eigenvalue weighted by molar-refractivity contribution is -0.126. The van der Waals surface area contributed by atoms with E-state index in [-0.39, 0.29) is 18.0 Å². The molecule has 2 aromatic rings. The molecule has 1 amide bonds. The number of aromatic nitrogens is 1. The Morgan fingerprint density at radius 3 is 2.61 bits per heavy atom. The molecule has 1 fully saturated rings. The van der Waals surface area contributed by atoms with Gasteiger partial charge in [-0.2, -0.15) is 0 Å². The molecule has 1 aromatic heterocycles. The second-order valence-electron chi connectivity index (χ2n) is 6.67. The van der Waals surface area contributed by atoms with E-state index in [1.54, 1.807) is 0 Å². The zero-order valence-electron chi connectivity index (χ0n) is 14.1. The quantitative estimate of drug-likeness (QED) is 0.934. The average molecular weight is 331 g/mol. The molecule has 5 heteroatoms. The van der Waals surface area contributed by atoms with Gasteiger partial charge in [-0.3, -0.25) is 9.69 Å². The van der Waals surface area contributed by atoms with Crippen LogP contribution in [0.1, 0.15) is 44.5 Å². The average Bonchev–Trinajstić information content (AvgIpc) is 2.97. The van der Waals surface area contributed by atoms with Gasteiger partial charge >= 0.3 is 0 Å². The van der Waals surface area contributed by atoms with Crippen LogP contribution in [0.25, 0.3) is 10.2 Å². The number of rotatable bonds is 4. The summed E-state index contributed by atoms with van der Waals surface area (Å²) in [6.07, 6.45) is 2.16. The van der Waals surface area contributed by atoms with E-state index in [0.717, 1.165) is 31.4 Å². The molecule has 1 atom stereocenters. The van der Waals surface area contributed by atoms with Crippen LogP contribution in [0.15, 0.2) is 24.3 Å². The second-order valence-corrected chi connectivity index (χ2v) is 7.73. The number of hydrogen-bond donors (Lipinski definition) is 1. The van der Waals surface area contributed by atoms with Gasteiger partial charge in [-0.05, 0) is 58.8 Å². The number of para-hydroxylation sites is 1. The van der Waals surface area contributed by atoms with Gasteiger partial charge in [0.1, 0.15) is 0 Å². The number of carbonyl (C=O) groups is 1. The van der Waals surface area contributed by atoms with Crippen LogP contribution in [0.4, 0.5) is 0 Å². The Bertz CT molecular complexity index is 641. The SMILES string of the molecule is CC(C)NC(=O)C(C)N1CCC(c2nc3ccccc3s2)CC1. The third-order valence-corrected chi connectivity index (χ3v) is 5.75. The fourth-order valence-corrected chi connectivity index (χ4v) is 4.31. The van der Waals surface area contributed by atoms with Crippen molar-refractivity contribution < 1.29 is 4.79 Å². The van der Waals surface area contributed by atoms with E-state index in [0.29, 0.717) is 5.92 Å². The maximum Gasteiger partial charge on any atom is 0.237 e. The van der Waals surface area contributed by atoms with Crippen molar-refractivity contribution in [3.05, 3.63) is 29.3 Å². The molecule has 1 saturated heterocycles. The smallest absolute Gasteiger partial charge is 0.237 e. The maximum atomic E-state index is 12.2. The number of carbonyl (C=O) groups excluding carboxylic acids is 1. The minimum Gasteiger partial charge on any atom is -0.353 e. The summed E-state index contributed by atoms with van der Waals surface area (Å²) in [5, 5.41) is 4.26. The topological polar surface area (TPSA) is 45.2 Å². The summed E-state index contributed by atoms with van der Waals surface area (Å²) in [6.45, 7) is 7.95. The molecule has 0 radical (unpaired) electrons. The van der Waals surface area contributed by atoms with Crippen molar-refractivity contribution in [2.45, 2.75) is 51.6 Å². The maximum absolute atomic E-state index is 12.2. The van der Waals surface area contributed by atoms with Crippen LogP contribution < -0.4 is 5.32 Å². The normalized spacial score (nSPS) is 18.4. The predicted molar refractivity (Wildman–Crippen MR) is 95.9 cm³/mol. The summed E-state index contributed by atoms with van der Waals surface area (Å²) in [7, 11) is 0. The molecule has 23 heavy (non-hydrogen) atoms. The Morgan fingerprint density at radius 2 is 1.96 bits per heavy atom. The largest absolute Gasteiger partial charge is 0.353 e. The van der Waals surface area contributed by atoms with Crippen LogP contribution in [0.5, 0.6) is 0 Å². The van der Waals surface area contributed by atoms with Crippen LogP contribution in [0.3, 0.4) is 0 Å². The Kier molecular flexibility index (Phi) is 4.97. The van der Waals surface area contributed by atoms with Gasteiger partial charge in [0, 0.05) is 12.0 Å². The predicted octanol–water partition coefficient (Wildman–Crippen LogP) is 3.39. The highest BCUT2D eigenvalue weighted by Gasteiger charge is 2.28. The highest BCUT2D eigenvalue weighted by Crippen LogP contribution is 2.34. The summed E-state index contributed by atoms with van der Waals surface area (Å²) in [6, 6.07) is 8.50. The molecule has 4 nitrogen and oxygen atoms in total. The molecule has 1 N–H and O–H groups in total. The van der Waals surface area contributed by atoms with Crippen molar-refractivity contribution >= 4 is 27.5 Å². The third kappa shape index (κ3) is 3.72. The monoisotopic (exact) mass is 331 g/mol. The fourth-order valence-electron chi connectivity index (χ4n) is 3.17. The minimum absolute atomic E-state index is 0.0475. The Balaban J connectivity index is 1.60. The van der Waals surface area contributed by atoms with Crippen LogP contribution in [0, 0.1) is 0 Å². The number of likely N-dealkylation sites (tertiary alicyclic amines) is 1. The number of nitrogens with zero attached hydrogens (tertiary/aromatic N) is 2. The van der Waals surface area contributed by atoms with E-state index in [9.17, 15) is 4.79 Å². The number of hydrogen-bond acceptors (Lipinski definition) is 4. The van der Waals surface area contributed by atoms with Crippen LogP contribution in [-0.4, -0.2) is 41.0 Å². The van der Waals surface area contributed by atoms with Gasteiger partial charge in [-0.1, -0.05) is 12.1 Å². The van der Waals surface area contributed by atoms with E-state index in [2.05, 4.69) is 28.4 Å². The van der Waals surface area contributed by atoms with Crippen molar-refractivity contribution in [3.8, 4) is 0 Å². The van der Waals surface area contributed by atoms with E-state index in [4.69, 9.17) is 4.98 Å². The second kappa shape index (κ2) is 6.97. The summed E-state index contributed by atoms with van der Waals surface area (Å²) in [5.41, 5.74) is 1.11. The molecule has 1 aromatic carbocycles. The highest BCUT2D eigenvalue weighted by atomic mass is 32.1. The summed E-state index contributed by atoms with van der Waals surface area (Å²) < 4.78 is 1.27. The standard InChI is InChI=1S/C18H25N3OS/c1-12(2)19-17(22)13(3)21-10-8-14(9-11-21)18-20-15-6-4-5-7-16(15)23-18/h4-7,12-14H,8-11H2,1-3H3,(H,19,22). The minimum atomic E-state index is -0.0475. The third-order valence-electron chi connectivity index (χ3n) is 4.55. The Labute approximate surface area is 141 Å². The van der Waals surface area contributed by atoms with Crippen molar-refractivity contribution in [2.75, 3.05) is 13.1 Å². The van der Waals surface area contributed by atoms with Gasteiger partial charge in [0.2, 0.25) is 5.91 Å². The highest BCUT2D eigenvalue weighted by molar-refractivity contribution is 7.18. The zero-order valence-corrected chi connectivity index (χ0v) is 14.9. The molecule has 1 aliphatic rings. The lowest BCUT2D eigenvalue weighted by atomic mass is 9.96. The van der Waals surface area contributed by atoms with Gasteiger partial charge in [0.05, 0.1) is 21.3 Å². The molecule has 0 bridgehead atoms. The Morgan fingerprint density at radius 1 is 1.26 bits per heavy atom. The van der Waals surface area contributed by atoms with Crippen LogP contribution >= 0.6 is 11.3 Å². The number of thiazole rings is 1.